The Morgan fingerprint density at radius 1 is 1.14 bits per heavy atom. The van der Waals surface area contributed by atoms with Crippen LogP contribution in [0.15, 0.2) is 78.6 Å². The van der Waals surface area contributed by atoms with Crippen molar-refractivity contribution in [1.82, 2.24) is 14.5 Å². The van der Waals surface area contributed by atoms with Crippen LogP contribution in [0.1, 0.15) is 48.1 Å². The molecule has 1 unspecified atom stereocenters. The normalized spacial score (nSPS) is 17.7. The number of pyridine rings is 1. The van der Waals surface area contributed by atoms with E-state index in [0.717, 1.165) is 29.9 Å². The molecule has 0 radical (unpaired) electrons. The van der Waals surface area contributed by atoms with Gasteiger partial charge in [-0.3, -0.25) is 15.1 Å². The Hall–Kier alpha value is -3.49. The number of thiazole rings is 1. The Bertz CT molecular complexity index is 1250. The van der Waals surface area contributed by atoms with Gasteiger partial charge in [0.05, 0.1) is 23.9 Å². The van der Waals surface area contributed by atoms with Crippen molar-refractivity contribution in [1.29, 1.82) is 0 Å². The Kier molecular flexibility index (Phi) is 6.92. The molecule has 35 heavy (non-hydrogen) atoms. The molecule has 2 atom stereocenters. The van der Waals surface area contributed by atoms with E-state index < -0.39 is 0 Å². The molecule has 1 fully saturated rings. The van der Waals surface area contributed by atoms with Gasteiger partial charge in [-0.05, 0) is 55.8 Å². The number of para-hydroxylation sites is 1. The SMILES string of the molecule is CC(C)O[C@@H]1CC(c2csc(NC(=O)c3cccn3Cc3ccncc3)n2)N(c2ccccc2)C1. The van der Waals surface area contributed by atoms with E-state index in [9.17, 15) is 4.79 Å². The van der Waals surface area contributed by atoms with Gasteiger partial charge in [-0.1, -0.05) is 18.2 Å². The van der Waals surface area contributed by atoms with Crippen LogP contribution < -0.4 is 10.2 Å². The highest BCUT2D eigenvalue weighted by molar-refractivity contribution is 7.14. The van der Waals surface area contributed by atoms with Crippen molar-refractivity contribution >= 4 is 28.1 Å². The molecule has 0 spiro atoms. The summed E-state index contributed by atoms with van der Waals surface area (Å²) >= 11 is 1.46. The fourth-order valence-corrected chi connectivity index (χ4v) is 5.32. The Balaban J connectivity index is 1.31. The summed E-state index contributed by atoms with van der Waals surface area (Å²) in [7, 11) is 0. The Morgan fingerprint density at radius 3 is 2.71 bits per heavy atom. The first-order valence-electron chi connectivity index (χ1n) is 11.8. The van der Waals surface area contributed by atoms with Crippen molar-refractivity contribution in [2.24, 2.45) is 0 Å². The molecule has 3 aromatic heterocycles. The van der Waals surface area contributed by atoms with Crippen LogP contribution in [0.25, 0.3) is 0 Å². The molecule has 5 rings (SSSR count). The maximum Gasteiger partial charge on any atom is 0.274 e. The second-order valence-corrected chi connectivity index (χ2v) is 9.81. The van der Waals surface area contributed by atoms with E-state index in [1.807, 2.05) is 46.5 Å². The summed E-state index contributed by atoms with van der Waals surface area (Å²) in [5.41, 5.74) is 3.79. The van der Waals surface area contributed by atoms with E-state index >= 15 is 0 Å². The van der Waals surface area contributed by atoms with Crippen molar-refractivity contribution in [3.8, 4) is 0 Å². The predicted octanol–water partition coefficient (Wildman–Crippen LogP) is 5.39. The van der Waals surface area contributed by atoms with Gasteiger partial charge in [-0.25, -0.2) is 4.98 Å². The van der Waals surface area contributed by atoms with Crippen LogP contribution >= 0.6 is 11.3 Å². The number of nitrogens with zero attached hydrogens (tertiary/aromatic N) is 4. The van der Waals surface area contributed by atoms with Gasteiger partial charge < -0.3 is 14.2 Å². The third-order valence-electron chi connectivity index (χ3n) is 6.06. The number of carbonyl (C=O) groups is 1. The smallest absolute Gasteiger partial charge is 0.274 e. The Labute approximate surface area is 209 Å². The van der Waals surface area contributed by atoms with Gasteiger partial charge in [0.25, 0.3) is 5.91 Å². The summed E-state index contributed by atoms with van der Waals surface area (Å²) in [6, 6.07) is 18.1. The average molecular weight is 488 g/mol. The summed E-state index contributed by atoms with van der Waals surface area (Å²) in [5, 5.41) is 5.64. The molecule has 0 saturated carbocycles. The average Bonchev–Trinajstić information content (AvgIpc) is 3.60. The van der Waals surface area contributed by atoms with Crippen molar-refractivity contribution < 1.29 is 9.53 Å². The number of rotatable bonds is 8. The van der Waals surface area contributed by atoms with E-state index in [1.165, 1.54) is 11.3 Å². The summed E-state index contributed by atoms with van der Waals surface area (Å²) in [5.74, 6) is -0.169. The van der Waals surface area contributed by atoms with E-state index in [-0.39, 0.29) is 24.2 Å². The van der Waals surface area contributed by atoms with Gasteiger partial charge >= 0.3 is 0 Å². The number of anilines is 2. The number of hydrogen-bond acceptors (Lipinski definition) is 6. The molecule has 1 aromatic carbocycles. The van der Waals surface area contributed by atoms with E-state index in [0.29, 0.717) is 17.4 Å². The highest BCUT2D eigenvalue weighted by atomic mass is 32.1. The highest BCUT2D eigenvalue weighted by Crippen LogP contribution is 2.38. The first kappa shape index (κ1) is 23.3. The summed E-state index contributed by atoms with van der Waals surface area (Å²) < 4.78 is 8.09. The summed E-state index contributed by atoms with van der Waals surface area (Å²) in [4.78, 5) is 24.3. The first-order valence-corrected chi connectivity index (χ1v) is 12.7. The van der Waals surface area contributed by atoms with Crippen molar-refractivity contribution in [2.75, 3.05) is 16.8 Å². The number of hydrogen-bond donors (Lipinski definition) is 1. The van der Waals surface area contributed by atoms with Crippen molar-refractivity contribution in [3.63, 3.8) is 0 Å². The number of nitrogens with one attached hydrogen (secondary N) is 1. The molecule has 180 valence electrons. The van der Waals surface area contributed by atoms with E-state index in [2.05, 4.69) is 53.3 Å². The lowest BCUT2D eigenvalue weighted by Crippen LogP contribution is -2.26. The molecule has 4 heterocycles. The molecular weight excluding hydrogens is 458 g/mol. The Morgan fingerprint density at radius 2 is 1.94 bits per heavy atom. The molecule has 1 saturated heterocycles. The fraction of sp³-hybridized carbons (Fsp3) is 0.296. The zero-order chi connectivity index (χ0) is 24.2. The lowest BCUT2D eigenvalue weighted by molar-refractivity contribution is 0.0193. The third-order valence-corrected chi connectivity index (χ3v) is 6.84. The van der Waals surface area contributed by atoms with Gasteiger partial charge in [-0.2, -0.15) is 0 Å². The zero-order valence-corrected chi connectivity index (χ0v) is 20.7. The molecule has 4 aromatic rings. The molecule has 8 heteroatoms. The lowest BCUT2D eigenvalue weighted by atomic mass is 10.1. The molecule has 0 aliphatic carbocycles. The van der Waals surface area contributed by atoms with Crippen LogP contribution in [-0.2, 0) is 11.3 Å². The molecule has 1 N–H and O–H groups in total. The largest absolute Gasteiger partial charge is 0.374 e. The summed E-state index contributed by atoms with van der Waals surface area (Å²) in [6.07, 6.45) is 6.59. The number of benzene rings is 1. The number of carbonyl (C=O) groups excluding carboxylic acids is 1. The van der Waals surface area contributed by atoms with Gasteiger partial charge in [0.2, 0.25) is 0 Å². The minimum atomic E-state index is -0.169. The van der Waals surface area contributed by atoms with Gasteiger partial charge in [0.1, 0.15) is 5.69 Å². The minimum absolute atomic E-state index is 0.0959. The molecule has 7 nitrogen and oxygen atoms in total. The monoisotopic (exact) mass is 487 g/mol. The van der Waals surface area contributed by atoms with E-state index in [1.54, 1.807) is 12.4 Å². The predicted molar refractivity (Wildman–Crippen MR) is 139 cm³/mol. The number of ether oxygens (including phenoxy) is 1. The molecule has 1 amide bonds. The van der Waals surface area contributed by atoms with Crippen LogP contribution in [0.2, 0.25) is 0 Å². The second-order valence-electron chi connectivity index (χ2n) is 8.95. The quantitative estimate of drug-likeness (QED) is 0.361. The first-order chi connectivity index (χ1) is 17.1. The van der Waals surface area contributed by atoms with Gasteiger partial charge in [-0.15, -0.1) is 11.3 Å². The standard InChI is InChI=1S/C27H29N5O2S/c1-19(2)34-22-15-25(32(17-22)21-7-4-3-5-8-21)23-18-35-27(29-23)30-26(33)24-9-6-14-31(24)16-20-10-12-28-13-11-20/h3-14,18-19,22,25H,15-17H2,1-2H3,(H,29,30,33)/t22-,25?/m1/s1. The number of aromatic nitrogens is 3. The molecule has 1 aliphatic heterocycles. The van der Waals surface area contributed by atoms with Crippen LogP contribution in [0.3, 0.4) is 0 Å². The topological polar surface area (TPSA) is 72.3 Å². The maximum absolute atomic E-state index is 13.1. The van der Waals surface area contributed by atoms with Crippen LogP contribution in [0.4, 0.5) is 10.8 Å². The molecular formula is C27H29N5O2S. The maximum atomic E-state index is 13.1. The highest BCUT2D eigenvalue weighted by Gasteiger charge is 2.36. The minimum Gasteiger partial charge on any atom is -0.374 e. The molecule has 1 aliphatic rings. The fourth-order valence-electron chi connectivity index (χ4n) is 4.57. The third kappa shape index (κ3) is 5.44. The van der Waals surface area contributed by atoms with Gasteiger partial charge in [0.15, 0.2) is 5.13 Å². The van der Waals surface area contributed by atoms with Crippen molar-refractivity contribution in [2.45, 2.75) is 45.1 Å². The summed E-state index contributed by atoms with van der Waals surface area (Å²) in [6.45, 7) is 5.56. The van der Waals surface area contributed by atoms with Crippen molar-refractivity contribution in [3.05, 3.63) is 95.5 Å². The van der Waals surface area contributed by atoms with Crippen LogP contribution in [0.5, 0.6) is 0 Å². The molecule has 0 bridgehead atoms. The second kappa shape index (κ2) is 10.4. The number of amides is 1. The van der Waals surface area contributed by atoms with Gasteiger partial charge in [0, 0.05) is 49.2 Å². The van der Waals surface area contributed by atoms with E-state index in [4.69, 9.17) is 9.72 Å². The van der Waals surface area contributed by atoms with Crippen LogP contribution in [0, 0.1) is 0 Å². The lowest BCUT2D eigenvalue weighted by Gasteiger charge is -2.25. The van der Waals surface area contributed by atoms with Crippen LogP contribution in [-0.4, -0.2) is 39.2 Å². The zero-order valence-electron chi connectivity index (χ0n) is 19.9.